The summed E-state index contributed by atoms with van der Waals surface area (Å²) in [6, 6.07) is 6.77. The van der Waals surface area contributed by atoms with Gasteiger partial charge in [-0.05, 0) is 45.1 Å². The zero-order valence-corrected chi connectivity index (χ0v) is 30.0. The van der Waals surface area contributed by atoms with Gasteiger partial charge in [-0.2, -0.15) is 0 Å². The lowest BCUT2D eigenvalue weighted by Gasteiger charge is -2.41. The summed E-state index contributed by atoms with van der Waals surface area (Å²) >= 11 is 3.72. The van der Waals surface area contributed by atoms with E-state index in [0.29, 0.717) is 18.4 Å². The van der Waals surface area contributed by atoms with Crippen molar-refractivity contribution in [2.24, 2.45) is 17.8 Å². The molecule has 258 valence electrons. The average molecular weight is 717 g/mol. The molecule has 1 unspecified atom stereocenters. The molecular weight excluding hydrogens is 666 g/mol. The van der Waals surface area contributed by atoms with Crippen molar-refractivity contribution >= 4 is 39.6 Å². The van der Waals surface area contributed by atoms with E-state index in [1.165, 1.54) is 4.90 Å². The number of esters is 1. The van der Waals surface area contributed by atoms with Crippen LogP contribution in [0.4, 0.5) is 0 Å². The van der Waals surface area contributed by atoms with Crippen LogP contribution in [0.3, 0.4) is 0 Å². The van der Waals surface area contributed by atoms with Crippen molar-refractivity contribution in [1.29, 1.82) is 0 Å². The fourth-order valence-corrected chi connectivity index (χ4v) is 8.51. The number of rotatable bonds is 15. The Morgan fingerprint density at radius 2 is 1.81 bits per heavy atom. The molecule has 3 aliphatic heterocycles. The van der Waals surface area contributed by atoms with E-state index in [4.69, 9.17) is 9.47 Å². The van der Waals surface area contributed by atoms with Gasteiger partial charge in [-0.25, -0.2) is 0 Å². The van der Waals surface area contributed by atoms with Crippen LogP contribution in [0.25, 0.3) is 0 Å². The second-order valence-electron chi connectivity index (χ2n) is 13.6. The zero-order chi connectivity index (χ0) is 34.8. The summed E-state index contributed by atoms with van der Waals surface area (Å²) in [5, 5.41) is 10.5. The maximum absolute atomic E-state index is 14.6. The molecule has 47 heavy (non-hydrogen) atoms. The van der Waals surface area contributed by atoms with Crippen LogP contribution in [0.1, 0.15) is 65.5 Å². The minimum Gasteiger partial charge on any atom is -0.455 e. The van der Waals surface area contributed by atoms with Crippen molar-refractivity contribution in [2.45, 2.75) is 101 Å². The zero-order valence-electron chi connectivity index (χ0n) is 28.4. The number of hydrogen-bond acceptors (Lipinski definition) is 7. The maximum atomic E-state index is 14.6. The number of likely N-dealkylation sites (N-methyl/N-ethyl adjacent to an activating group) is 1. The highest BCUT2D eigenvalue weighted by molar-refractivity contribution is 9.09. The molecule has 4 rings (SSSR count). The van der Waals surface area contributed by atoms with Crippen LogP contribution >= 0.6 is 15.9 Å². The first kappa shape index (κ1) is 36.8. The Bertz CT molecular complexity index is 1340. The van der Waals surface area contributed by atoms with Crippen molar-refractivity contribution < 1.29 is 33.8 Å². The highest BCUT2D eigenvalue weighted by Gasteiger charge is 2.77. The second kappa shape index (κ2) is 15.0. The quantitative estimate of drug-likeness (QED) is 0.164. The van der Waals surface area contributed by atoms with Gasteiger partial charge in [-0.1, -0.05) is 72.3 Å². The molecule has 1 aromatic rings. The molecule has 0 aliphatic carbocycles. The Labute approximate surface area is 287 Å². The molecule has 0 radical (unpaired) electrons. The third-order valence-electron chi connectivity index (χ3n) is 10.2. The first-order valence-electron chi connectivity index (χ1n) is 16.6. The molecule has 3 saturated heterocycles. The minimum absolute atomic E-state index is 0.113. The van der Waals surface area contributed by atoms with E-state index < -0.39 is 59.6 Å². The van der Waals surface area contributed by atoms with E-state index in [1.54, 1.807) is 29.0 Å². The second-order valence-corrected chi connectivity index (χ2v) is 14.8. The monoisotopic (exact) mass is 715 g/mol. The molecule has 1 aromatic carbocycles. The molecule has 1 spiro atoms. The van der Waals surface area contributed by atoms with Crippen molar-refractivity contribution in [1.82, 2.24) is 14.7 Å². The number of fused-ring (bicyclic) bond motifs is 1. The molecule has 2 bridgehead atoms. The average Bonchev–Trinajstić information content (AvgIpc) is 3.64. The third-order valence-corrected chi connectivity index (χ3v) is 11.0. The number of carbonyl (C=O) groups excluding carboxylic acids is 4. The Balaban J connectivity index is 1.76. The topological polar surface area (TPSA) is 117 Å². The summed E-state index contributed by atoms with van der Waals surface area (Å²) in [5.74, 6) is -3.63. The van der Waals surface area contributed by atoms with Crippen LogP contribution in [-0.4, -0.2) is 104 Å². The van der Waals surface area contributed by atoms with Gasteiger partial charge in [0.1, 0.15) is 17.7 Å². The van der Waals surface area contributed by atoms with Gasteiger partial charge in [-0.3, -0.25) is 19.2 Å². The number of aliphatic hydroxyl groups is 1. The molecule has 10 nitrogen and oxygen atoms in total. The molecule has 3 aliphatic rings. The number of amides is 3. The van der Waals surface area contributed by atoms with Gasteiger partial charge in [0.05, 0.1) is 36.6 Å². The first-order valence-corrected chi connectivity index (χ1v) is 17.5. The van der Waals surface area contributed by atoms with Crippen molar-refractivity contribution in [3.05, 3.63) is 61.2 Å². The number of ether oxygens (including phenoxy) is 2. The summed E-state index contributed by atoms with van der Waals surface area (Å²) in [6.45, 7) is 16.8. The summed E-state index contributed by atoms with van der Waals surface area (Å²) in [6.07, 6.45) is 2.91. The number of alkyl halides is 1. The molecule has 0 saturated carbocycles. The van der Waals surface area contributed by atoms with E-state index in [2.05, 4.69) is 29.1 Å². The molecule has 0 aromatic heterocycles. The van der Waals surface area contributed by atoms with Gasteiger partial charge >= 0.3 is 5.97 Å². The number of halogens is 1. The summed E-state index contributed by atoms with van der Waals surface area (Å²) < 4.78 is 13.0. The highest BCUT2D eigenvalue weighted by Crippen LogP contribution is 2.61. The summed E-state index contributed by atoms with van der Waals surface area (Å²) in [7, 11) is 1.68. The van der Waals surface area contributed by atoms with Crippen LogP contribution in [-0.2, 0) is 28.7 Å². The van der Waals surface area contributed by atoms with Gasteiger partial charge in [-0.15, -0.1) is 13.2 Å². The Morgan fingerprint density at radius 1 is 1.15 bits per heavy atom. The Morgan fingerprint density at radius 3 is 2.36 bits per heavy atom. The lowest BCUT2D eigenvalue weighted by molar-refractivity contribution is -0.165. The fourth-order valence-electron chi connectivity index (χ4n) is 7.57. The van der Waals surface area contributed by atoms with E-state index in [9.17, 15) is 24.3 Å². The number of aliphatic hydroxyl groups excluding tert-OH is 1. The summed E-state index contributed by atoms with van der Waals surface area (Å²) in [5.41, 5.74) is -0.603. The molecule has 9 atom stereocenters. The lowest BCUT2D eigenvalue weighted by atomic mass is 9.70. The normalized spacial score (nSPS) is 28.2. The van der Waals surface area contributed by atoms with E-state index in [1.807, 2.05) is 65.0 Å². The number of allylic oxidation sites excluding steroid dienone is 1. The lowest BCUT2D eigenvalue weighted by Crippen LogP contribution is -2.60. The van der Waals surface area contributed by atoms with E-state index >= 15 is 0 Å². The maximum Gasteiger partial charge on any atom is 0.313 e. The molecule has 11 heteroatoms. The molecular formula is C36H50BrN3O7. The van der Waals surface area contributed by atoms with Crippen LogP contribution in [0.15, 0.2) is 55.6 Å². The van der Waals surface area contributed by atoms with E-state index in [-0.39, 0.29) is 48.2 Å². The first-order chi connectivity index (χ1) is 22.3. The number of carbonyl (C=O) groups is 4. The largest absolute Gasteiger partial charge is 0.455 e. The van der Waals surface area contributed by atoms with Crippen molar-refractivity contribution in [2.75, 3.05) is 20.2 Å². The van der Waals surface area contributed by atoms with Crippen LogP contribution in [0.2, 0.25) is 0 Å². The van der Waals surface area contributed by atoms with Crippen LogP contribution in [0.5, 0.6) is 0 Å². The molecule has 3 heterocycles. The highest BCUT2D eigenvalue weighted by atomic mass is 79.9. The predicted octanol–water partition coefficient (Wildman–Crippen LogP) is 4.27. The van der Waals surface area contributed by atoms with Gasteiger partial charge < -0.3 is 29.3 Å². The van der Waals surface area contributed by atoms with Gasteiger partial charge in [0.2, 0.25) is 17.7 Å². The summed E-state index contributed by atoms with van der Waals surface area (Å²) in [4.78, 5) is 60.9. The van der Waals surface area contributed by atoms with Crippen LogP contribution in [0, 0.1) is 17.8 Å². The van der Waals surface area contributed by atoms with Crippen molar-refractivity contribution in [3.63, 3.8) is 0 Å². The Hall–Kier alpha value is -3.02. The van der Waals surface area contributed by atoms with Gasteiger partial charge in [0.25, 0.3) is 0 Å². The van der Waals surface area contributed by atoms with E-state index in [0.717, 1.165) is 0 Å². The predicted molar refractivity (Wildman–Crippen MR) is 182 cm³/mol. The van der Waals surface area contributed by atoms with Gasteiger partial charge in [0, 0.05) is 30.9 Å². The van der Waals surface area contributed by atoms with Gasteiger partial charge in [0.15, 0.2) is 0 Å². The number of benzene rings is 1. The van der Waals surface area contributed by atoms with Crippen molar-refractivity contribution in [3.8, 4) is 0 Å². The number of likely N-dealkylation sites (tertiary alicyclic amines) is 1. The SMILES string of the molecule is C=CCCC(=O)N(C)[C@@H](C)[C@@H](OC(=O)[C@@H]1[C@H]2O[C@@]3(CC2Br)[C@H](C(=O)N(CC=C)C(C)C)N([C@@H](CO)C(C)C)C(=O)[C@@H]13)c1ccccc1. The molecule has 1 N–H and O–H groups in total. The molecule has 3 fully saturated rings. The number of nitrogens with zero attached hydrogens (tertiary/aromatic N) is 3. The fraction of sp³-hybridized carbons (Fsp3) is 0.611. The Kier molecular flexibility index (Phi) is 11.8. The number of hydrogen-bond donors (Lipinski definition) is 1. The standard InChI is InChI=1S/C36H50BrN3O7/c1-9-11-17-27(42)38(8)23(7)30(24-15-13-12-14-16-24)46-35(45)28-29-33(43)40(26(20-41)21(3)4)32(34(44)39(18-10-2)22(5)6)36(29)19-25(37)31(28)47-36/h9-10,12-16,21-23,25-26,28-32,41H,1-2,11,17-20H2,3-8H3/t23-,25?,26-,28-,29+,30+,31-,32-,36+/m0/s1. The minimum atomic E-state index is -1.31. The van der Waals surface area contributed by atoms with Crippen LogP contribution < -0.4 is 0 Å². The smallest absolute Gasteiger partial charge is 0.313 e. The third kappa shape index (κ3) is 6.68. The molecule has 3 amide bonds.